The summed E-state index contributed by atoms with van der Waals surface area (Å²) in [6, 6.07) is 4.71. The number of carbonyl (C=O) groups is 2. The first-order valence-electron chi connectivity index (χ1n) is 6.62. The highest BCUT2D eigenvalue weighted by Crippen LogP contribution is 2.52. The molecule has 2 saturated heterocycles. The van der Waals surface area contributed by atoms with Crippen molar-refractivity contribution in [3.05, 3.63) is 40.4 Å². The van der Waals surface area contributed by atoms with Crippen LogP contribution in [-0.2, 0) is 14.3 Å². The van der Waals surface area contributed by atoms with E-state index in [1.165, 1.54) is 4.90 Å². The zero-order valence-corrected chi connectivity index (χ0v) is 12.6. The summed E-state index contributed by atoms with van der Waals surface area (Å²) < 4.78 is 5.77. The van der Waals surface area contributed by atoms with E-state index < -0.39 is 17.4 Å². The molecule has 2 amide bonds. The van der Waals surface area contributed by atoms with Crippen LogP contribution in [0.25, 0.3) is 0 Å². The second kappa shape index (κ2) is 4.09. The summed E-state index contributed by atoms with van der Waals surface area (Å²) in [5, 5.41) is 0.775. The van der Waals surface area contributed by atoms with Crippen molar-refractivity contribution in [2.24, 2.45) is 11.8 Å². The molecule has 3 heterocycles. The fraction of sp³-hybridized carbons (Fsp3) is 0.333. The van der Waals surface area contributed by atoms with Crippen LogP contribution in [0, 0.1) is 11.8 Å². The van der Waals surface area contributed by atoms with Gasteiger partial charge in [0, 0.05) is 10.0 Å². The Morgan fingerprint density at radius 2 is 1.81 bits per heavy atom. The molecule has 1 aromatic rings. The first-order valence-corrected chi connectivity index (χ1v) is 7.37. The second-order valence-corrected chi connectivity index (χ2v) is 6.64. The van der Waals surface area contributed by atoms with Crippen molar-refractivity contribution in [3.63, 3.8) is 0 Å². The van der Waals surface area contributed by atoms with Gasteiger partial charge >= 0.3 is 0 Å². The topological polar surface area (TPSA) is 46.6 Å². The van der Waals surface area contributed by atoms with E-state index in [-0.39, 0.29) is 17.9 Å². The third-order valence-corrected chi connectivity index (χ3v) is 4.87. The molecule has 4 atom stereocenters. The number of hydrogen-bond acceptors (Lipinski definition) is 3. The van der Waals surface area contributed by atoms with Gasteiger partial charge in [0.1, 0.15) is 0 Å². The van der Waals surface area contributed by atoms with E-state index in [4.69, 9.17) is 27.9 Å². The van der Waals surface area contributed by atoms with E-state index in [1.807, 2.05) is 19.1 Å². The van der Waals surface area contributed by atoms with Gasteiger partial charge in [0.15, 0.2) is 0 Å². The Morgan fingerprint density at radius 3 is 2.43 bits per heavy atom. The zero-order valence-electron chi connectivity index (χ0n) is 11.0. The molecule has 0 aliphatic carbocycles. The van der Waals surface area contributed by atoms with E-state index in [1.54, 1.807) is 18.2 Å². The number of imide groups is 1. The van der Waals surface area contributed by atoms with E-state index >= 15 is 0 Å². The van der Waals surface area contributed by atoms with Crippen LogP contribution in [0.3, 0.4) is 0 Å². The van der Waals surface area contributed by atoms with Gasteiger partial charge < -0.3 is 4.74 Å². The van der Waals surface area contributed by atoms with Gasteiger partial charge in [-0.3, -0.25) is 9.59 Å². The van der Waals surface area contributed by atoms with Crippen LogP contribution in [0.4, 0.5) is 5.69 Å². The molecule has 0 unspecified atom stereocenters. The molecule has 2 fully saturated rings. The molecule has 0 saturated carbocycles. The van der Waals surface area contributed by atoms with Crippen LogP contribution in [0.5, 0.6) is 0 Å². The summed E-state index contributed by atoms with van der Waals surface area (Å²) in [4.78, 5) is 26.6. The predicted octanol–water partition coefficient (Wildman–Crippen LogP) is 2.83. The fourth-order valence-electron chi connectivity index (χ4n) is 3.58. The maximum absolute atomic E-state index is 12.7. The van der Waals surface area contributed by atoms with Crippen molar-refractivity contribution >= 4 is 40.7 Å². The van der Waals surface area contributed by atoms with Crippen LogP contribution in [-0.4, -0.2) is 23.5 Å². The van der Waals surface area contributed by atoms with Gasteiger partial charge in [0.25, 0.3) is 0 Å². The highest BCUT2D eigenvalue weighted by molar-refractivity contribution is 6.35. The summed E-state index contributed by atoms with van der Waals surface area (Å²) in [6.07, 6.45) is 3.41. The molecule has 0 aromatic heterocycles. The molecule has 1 aromatic carbocycles. The lowest BCUT2D eigenvalue weighted by Gasteiger charge is -2.24. The van der Waals surface area contributed by atoms with Gasteiger partial charge in [0.05, 0.1) is 29.2 Å². The second-order valence-electron chi connectivity index (χ2n) is 5.77. The monoisotopic (exact) mass is 323 g/mol. The van der Waals surface area contributed by atoms with E-state index in [2.05, 4.69) is 0 Å². The normalized spacial score (nSPS) is 36.7. The lowest BCUT2D eigenvalue weighted by Crippen LogP contribution is -2.38. The van der Waals surface area contributed by atoms with Crippen LogP contribution in [0.15, 0.2) is 30.4 Å². The Balaban J connectivity index is 1.80. The van der Waals surface area contributed by atoms with Gasteiger partial charge in [-0.05, 0) is 25.1 Å². The molecular formula is C15H11Cl2NO3. The zero-order chi connectivity index (χ0) is 14.9. The van der Waals surface area contributed by atoms with Gasteiger partial charge in [-0.15, -0.1) is 0 Å². The van der Waals surface area contributed by atoms with Crippen molar-refractivity contribution in [3.8, 4) is 0 Å². The molecule has 4 nitrogen and oxygen atoms in total. The molecule has 6 heteroatoms. The summed E-state index contributed by atoms with van der Waals surface area (Å²) in [7, 11) is 0. The number of fused-ring (bicyclic) bond motifs is 5. The third kappa shape index (κ3) is 1.67. The van der Waals surface area contributed by atoms with E-state index in [9.17, 15) is 9.59 Å². The van der Waals surface area contributed by atoms with Crippen LogP contribution < -0.4 is 4.90 Å². The third-order valence-electron chi connectivity index (χ3n) is 4.43. The summed E-state index contributed by atoms with van der Waals surface area (Å²) >= 11 is 11.9. The highest BCUT2D eigenvalue weighted by Gasteiger charge is 2.66. The molecule has 0 spiro atoms. The number of nitrogens with zero attached hydrogens (tertiary/aromatic N) is 1. The first-order chi connectivity index (χ1) is 9.90. The number of ether oxygens (including phenoxy) is 1. The van der Waals surface area contributed by atoms with Gasteiger partial charge in [-0.25, -0.2) is 4.90 Å². The summed E-state index contributed by atoms with van der Waals surface area (Å²) in [5.41, 5.74) is -0.279. The van der Waals surface area contributed by atoms with Gasteiger partial charge in [0.2, 0.25) is 11.8 Å². The number of halogens is 2. The van der Waals surface area contributed by atoms with Gasteiger partial charge in [-0.2, -0.15) is 0 Å². The SMILES string of the molecule is C[C@@]12C=C[C@@H](O1)[C@H]1C(=O)N(c3cc(Cl)cc(Cl)c3)C(=O)[C@H]12. The minimum absolute atomic E-state index is 0.249. The van der Waals surface area contributed by atoms with E-state index in [0.29, 0.717) is 15.7 Å². The van der Waals surface area contributed by atoms with Crippen molar-refractivity contribution in [1.29, 1.82) is 0 Å². The van der Waals surface area contributed by atoms with E-state index in [0.717, 1.165) is 0 Å². The summed E-state index contributed by atoms with van der Waals surface area (Å²) in [5.74, 6) is -1.43. The lowest BCUT2D eigenvalue weighted by molar-refractivity contribution is -0.126. The Hall–Kier alpha value is -1.36. The van der Waals surface area contributed by atoms with Gasteiger partial charge in [-0.1, -0.05) is 35.4 Å². The Morgan fingerprint density at radius 1 is 1.14 bits per heavy atom. The minimum Gasteiger partial charge on any atom is -0.362 e. The van der Waals surface area contributed by atoms with Crippen molar-refractivity contribution in [2.45, 2.75) is 18.6 Å². The predicted molar refractivity (Wildman–Crippen MR) is 78.4 cm³/mol. The molecule has 3 aliphatic rings. The van der Waals surface area contributed by atoms with Crippen LogP contribution >= 0.6 is 23.2 Å². The Bertz CT molecular complexity index is 697. The summed E-state index contributed by atoms with van der Waals surface area (Å²) in [6.45, 7) is 1.84. The van der Waals surface area contributed by atoms with Crippen molar-refractivity contribution < 1.29 is 14.3 Å². The molecule has 108 valence electrons. The molecule has 21 heavy (non-hydrogen) atoms. The standard InChI is InChI=1S/C15H11Cl2NO3/c1-15-3-2-10(21-15)11-12(15)14(20)18(13(11)19)9-5-7(16)4-8(17)6-9/h2-6,10-12H,1H3/t10-,11-,12+,15+/m1/s1. The van der Waals surface area contributed by atoms with Crippen LogP contribution in [0.2, 0.25) is 10.0 Å². The quantitative estimate of drug-likeness (QED) is 0.589. The maximum Gasteiger partial charge on any atom is 0.241 e. The Labute approximate surface area is 131 Å². The number of rotatable bonds is 1. The number of amides is 2. The molecule has 4 rings (SSSR count). The molecule has 0 N–H and O–H groups in total. The smallest absolute Gasteiger partial charge is 0.241 e. The van der Waals surface area contributed by atoms with Crippen molar-refractivity contribution in [1.82, 2.24) is 0 Å². The molecule has 3 aliphatic heterocycles. The van der Waals surface area contributed by atoms with Crippen LogP contribution in [0.1, 0.15) is 6.92 Å². The van der Waals surface area contributed by atoms with Crippen molar-refractivity contribution in [2.75, 3.05) is 4.90 Å². The number of benzene rings is 1. The number of anilines is 1. The fourth-order valence-corrected chi connectivity index (χ4v) is 4.09. The molecule has 0 radical (unpaired) electrons. The maximum atomic E-state index is 12.7. The number of carbonyl (C=O) groups excluding carboxylic acids is 2. The Kier molecular flexibility index (Phi) is 2.60. The average Bonchev–Trinajstić information content (AvgIpc) is 2.98. The molecular weight excluding hydrogens is 313 g/mol. The molecule has 2 bridgehead atoms. The lowest BCUT2D eigenvalue weighted by atomic mass is 9.78. The largest absolute Gasteiger partial charge is 0.362 e. The highest BCUT2D eigenvalue weighted by atomic mass is 35.5. The minimum atomic E-state index is -0.695. The number of hydrogen-bond donors (Lipinski definition) is 0. The average molecular weight is 324 g/mol. The first kappa shape index (κ1) is 13.3.